The van der Waals surface area contributed by atoms with Gasteiger partial charge in [0.1, 0.15) is 0 Å². The van der Waals surface area contributed by atoms with Crippen LogP contribution >= 0.6 is 12.4 Å². The van der Waals surface area contributed by atoms with Gasteiger partial charge in [-0.2, -0.15) is 0 Å². The van der Waals surface area contributed by atoms with Crippen molar-refractivity contribution in [1.82, 2.24) is 4.90 Å². The van der Waals surface area contributed by atoms with E-state index in [4.69, 9.17) is 10.5 Å². The van der Waals surface area contributed by atoms with Crippen molar-refractivity contribution in [2.75, 3.05) is 25.4 Å². The quantitative estimate of drug-likeness (QED) is 0.826. The number of ether oxygens (including phenoxy) is 1. The highest BCUT2D eigenvalue weighted by atomic mass is 35.5. The van der Waals surface area contributed by atoms with E-state index in [9.17, 15) is 4.79 Å². The second-order valence-corrected chi connectivity index (χ2v) is 6.98. The number of likely N-dealkylation sites (tertiary alicyclic amines) is 1. The van der Waals surface area contributed by atoms with Gasteiger partial charge in [-0.25, -0.2) is 0 Å². The molecule has 2 N–H and O–H groups in total. The van der Waals surface area contributed by atoms with E-state index >= 15 is 0 Å². The van der Waals surface area contributed by atoms with E-state index in [-0.39, 0.29) is 18.3 Å². The Hall–Kier alpha value is -1.26. The average molecular weight is 353 g/mol. The van der Waals surface area contributed by atoms with Crippen LogP contribution in [0.5, 0.6) is 0 Å². The predicted molar refractivity (Wildman–Crippen MR) is 99.3 cm³/mol. The van der Waals surface area contributed by atoms with Crippen molar-refractivity contribution in [2.45, 2.75) is 51.0 Å². The number of nitrogens with two attached hydrogens (primary N) is 1. The number of carbonyl (C=O) groups is 1. The molecule has 24 heavy (non-hydrogen) atoms. The molecule has 0 aromatic heterocycles. The molecule has 4 nitrogen and oxygen atoms in total. The number of hydrogen-bond donors (Lipinski definition) is 1. The van der Waals surface area contributed by atoms with Crippen LogP contribution in [0, 0.1) is 5.92 Å². The first kappa shape index (κ1) is 19.1. The molecule has 1 aromatic carbocycles. The normalized spacial score (nSPS) is 19.2. The predicted octanol–water partition coefficient (Wildman–Crippen LogP) is 3.43. The number of piperidine rings is 1. The Morgan fingerprint density at radius 3 is 2.33 bits per heavy atom. The fourth-order valence-corrected chi connectivity index (χ4v) is 3.64. The summed E-state index contributed by atoms with van der Waals surface area (Å²) in [7, 11) is 0. The molecule has 3 rings (SSSR count). The van der Waals surface area contributed by atoms with Gasteiger partial charge < -0.3 is 15.4 Å². The fraction of sp³-hybridized carbons (Fsp3) is 0.632. The lowest BCUT2D eigenvalue weighted by Gasteiger charge is -2.32. The first-order valence-corrected chi connectivity index (χ1v) is 8.94. The van der Waals surface area contributed by atoms with Gasteiger partial charge in [-0.05, 0) is 49.3 Å². The second-order valence-electron chi connectivity index (χ2n) is 6.98. The number of nitrogens with zero attached hydrogens (tertiary/aromatic N) is 1. The van der Waals surface area contributed by atoms with Gasteiger partial charge in [0.15, 0.2) is 0 Å². The van der Waals surface area contributed by atoms with E-state index in [1.54, 1.807) is 0 Å². The summed E-state index contributed by atoms with van der Waals surface area (Å²) in [6.07, 6.45) is 8.15. The van der Waals surface area contributed by atoms with Gasteiger partial charge in [0.2, 0.25) is 5.91 Å². The molecule has 0 unspecified atom stereocenters. The van der Waals surface area contributed by atoms with E-state index in [0.717, 1.165) is 49.7 Å². The third kappa shape index (κ3) is 5.38. The summed E-state index contributed by atoms with van der Waals surface area (Å²) >= 11 is 0. The van der Waals surface area contributed by atoms with Gasteiger partial charge in [-0.3, -0.25) is 4.79 Å². The van der Waals surface area contributed by atoms with Gasteiger partial charge in [0, 0.05) is 25.4 Å². The van der Waals surface area contributed by atoms with Crippen LogP contribution in [0.3, 0.4) is 0 Å². The largest absolute Gasteiger partial charge is 0.399 e. The molecular formula is C19H29ClN2O2. The van der Waals surface area contributed by atoms with E-state index in [1.165, 1.54) is 25.7 Å². The number of halogens is 1. The summed E-state index contributed by atoms with van der Waals surface area (Å²) in [5, 5.41) is 0. The van der Waals surface area contributed by atoms with Gasteiger partial charge >= 0.3 is 0 Å². The Bertz CT molecular complexity index is 507. The van der Waals surface area contributed by atoms with Crippen LogP contribution in [0.25, 0.3) is 0 Å². The molecule has 2 fully saturated rings. The van der Waals surface area contributed by atoms with E-state index in [1.807, 2.05) is 29.2 Å². The van der Waals surface area contributed by atoms with Gasteiger partial charge in [-0.15, -0.1) is 12.4 Å². The minimum atomic E-state index is 0. The molecule has 0 bridgehead atoms. The molecular weight excluding hydrogens is 324 g/mol. The fourth-order valence-electron chi connectivity index (χ4n) is 3.64. The lowest BCUT2D eigenvalue weighted by Crippen LogP contribution is -2.41. The minimum Gasteiger partial charge on any atom is -0.399 e. The highest BCUT2D eigenvalue weighted by Crippen LogP contribution is 2.26. The van der Waals surface area contributed by atoms with Crippen molar-refractivity contribution in [3.05, 3.63) is 29.8 Å². The molecule has 1 heterocycles. The SMILES string of the molecule is Cl.Nc1ccc(CC(=O)N2CCC(OCC3CCCC3)CC2)cc1. The van der Waals surface area contributed by atoms with Crippen LogP contribution in [0.15, 0.2) is 24.3 Å². The Morgan fingerprint density at radius 2 is 1.71 bits per heavy atom. The molecule has 134 valence electrons. The summed E-state index contributed by atoms with van der Waals surface area (Å²) < 4.78 is 6.07. The molecule has 1 aromatic rings. The third-order valence-electron chi connectivity index (χ3n) is 5.17. The zero-order valence-corrected chi connectivity index (χ0v) is 15.1. The lowest BCUT2D eigenvalue weighted by molar-refractivity contribution is -0.133. The van der Waals surface area contributed by atoms with Crippen molar-refractivity contribution in [3.8, 4) is 0 Å². The maximum absolute atomic E-state index is 12.4. The Balaban J connectivity index is 0.00000208. The lowest BCUT2D eigenvalue weighted by atomic mass is 10.0. The van der Waals surface area contributed by atoms with Crippen molar-refractivity contribution >= 4 is 24.0 Å². The van der Waals surface area contributed by atoms with Crippen LogP contribution in [-0.4, -0.2) is 36.6 Å². The van der Waals surface area contributed by atoms with E-state index in [0.29, 0.717) is 12.5 Å². The van der Waals surface area contributed by atoms with Gasteiger partial charge in [-0.1, -0.05) is 25.0 Å². The van der Waals surface area contributed by atoms with Crippen LogP contribution < -0.4 is 5.73 Å². The summed E-state index contributed by atoms with van der Waals surface area (Å²) in [4.78, 5) is 14.4. The molecule has 2 aliphatic rings. The van der Waals surface area contributed by atoms with Crippen molar-refractivity contribution < 1.29 is 9.53 Å². The second kappa shape index (κ2) is 9.28. The smallest absolute Gasteiger partial charge is 0.226 e. The third-order valence-corrected chi connectivity index (χ3v) is 5.17. The van der Waals surface area contributed by atoms with Crippen molar-refractivity contribution in [2.24, 2.45) is 5.92 Å². The van der Waals surface area contributed by atoms with E-state index < -0.39 is 0 Å². The van der Waals surface area contributed by atoms with Gasteiger partial charge in [0.25, 0.3) is 0 Å². The molecule has 0 spiro atoms. The highest BCUT2D eigenvalue weighted by Gasteiger charge is 2.24. The van der Waals surface area contributed by atoms with Crippen LogP contribution in [0.1, 0.15) is 44.1 Å². The number of anilines is 1. The summed E-state index contributed by atoms with van der Waals surface area (Å²) in [6.45, 7) is 2.57. The molecule has 1 amide bonds. The maximum Gasteiger partial charge on any atom is 0.226 e. The summed E-state index contributed by atoms with van der Waals surface area (Å²) in [6, 6.07) is 7.58. The van der Waals surface area contributed by atoms with Crippen LogP contribution in [0.4, 0.5) is 5.69 Å². The number of hydrogen-bond acceptors (Lipinski definition) is 3. The standard InChI is InChI=1S/C19H28N2O2.ClH/c20-17-7-5-15(6-8-17)13-19(22)21-11-9-18(10-12-21)23-14-16-3-1-2-4-16;/h5-8,16,18H,1-4,9-14,20H2;1H. The Labute approximate surface area is 151 Å². The summed E-state index contributed by atoms with van der Waals surface area (Å²) in [5.74, 6) is 0.990. The number of nitrogen functional groups attached to an aromatic ring is 1. The molecule has 5 heteroatoms. The monoisotopic (exact) mass is 352 g/mol. The zero-order chi connectivity index (χ0) is 16.1. The molecule has 1 aliphatic heterocycles. The van der Waals surface area contributed by atoms with E-state index in [2.05, 4.69) is 0 Å². The minimum absolute atomic E-state index is 0. The molecule has 1 aliphatic carbocycles. The topological polar surface area (TPSA) is 55.6 Å². The molecule has 1 saturated heterocycles. The number of benzene rings is 1. The molecule has 1 saturated carbocycles. The Morgan fingerprint density at radius 1 is 1.08 bits per heavy atom. The number of rotatable bonds is 5. The van der Waals surface area contributed by atoms with Crippen molar-refractivity contribution in [1.29, 1.82) is 0 Å². The first-order valence-electron chi connectivity index (χ1n) is 8.94. The van der Waals surface area contributed by atoms with Crippen LogP contribution in [-0.2, 0) is 16.0 Å². The van der Waals surface area contributed by atoms with Gasteiger partial charge in [0.05, 0.1) is 12.5 Å². The molecule has 0 atom stereocenters. The average Bonchev–Trinajstić information content (AvgIpc) is 3.09. The zero-order valence-electron chi connectivity index (χ0n) is 14.3. The maximum atomic E-state index is 12.4. The molecule has 0 radical (unpaired) electrons. The summed E-state index contributed by atoms with van der Waals surface area (Å²) in [5.41, 5.74) is 7.45. The van der Waals surface area contributed by atoms with Crippen LogP contribution in [0.2, 0.25) is 0 Å². The Kier molecular flexibility index (Phi) is 7.38. The number of amides is 1. The number of carbonyl (C=O) groups excluding carboxylic acids is 1. The highest BCUT2D eigenvalue weighted by molar-refractivity contribution is 5.85. The first-order chi connectivity index (χ1) is 11.2. The van der Waals surface area contributed by atoms with Crippen molar-refractivity contribution in [3.63, 3.8) is 0 Å².